The first-order valence-corrected chi connectivity index (χ1v) is 9.40. The van der Waals surface area contributed by atoms with Gasteiger partial charge in [-0.15, -0.1) is 0 Å². The van der Waals surface area contributed by atoms with Gasteiger partial charge in [0.05, 0.1) is 0 Å². The van der Waals surface area contributed by atoms with Crippen molar-refractivity contribution in [3.8, 4) is 0 Å². The Balaban J connectivity index is 1.87. The topological polar surface area (TPSA) is 20.2 Å². The molecule has 0 saturated heterocycles. The largest absolute Gasteiger partial charge is 0.347 e. The molecule has 142 valence electrons. The van der Waals surface area contributed by atoms with Gasteiger partial charge in [0.25, 0.3) is 0 Å². The molecular formula is C21H23F2N3S. The number of fused-ring (bicyclic) bond motifs is 1. The minimum absolute atomic E-state index is 0.118. The van der Waals surface area contributed by atoms with Crippen molar-refractivity contribution in [3.63, 3.8) is 0 Å². The van der Waals surface area contributed by atoms with Gasteiger partial charge in [0, 0.05) is 48.0 Å². The number of nitrogens with one attached hydrogen (secondary N) is 1. The van der Waals surface area contributed by atoms with Crippen molar-refractivity contribution < 1.29 is 8.78 Å². The number of nitrogens with zero attached hydrogens (tertiary/aromatic N) is 2. The van der Waals surface area contributed by atoms with E-state index in [1.807, 2.05) is 30.9 Å². The van der Waals surface area contributed by atoms with E-state index in [1.54, 1.807) is 0 Å². The van der Waals surface area contributed by atoms with Gasteiger partial charge in [0.1, 0.15) is 11.6 Å². The van der Waals surface area contributed by atoms with E-state index >= 15 is 0 Å². The van der Waals surface area contributed by atoms with Gasteiger partial charge in [-0.05, 0) is 56.8 Å². The number of halogens is 2. The maximum Gasteiger partial charge on any atom is 0.173 e. The summed E-state index contributed by atoms with van der Waals surface area (Å²) in [5.41, 5.74) is 2.65. The van der Waals surface area contributed by atoms with Crippen LogP contribution in [0.3, 0.4) is 0 Å². The van der Waals surface area contributed by atoms with Crippen LogP contribution in [0, 0.1) is 11.6 Å². The average molecular weight is 387 g/mol. The molecular weight excluding hydrogens is 364 g/mol. The molecule has 0 amide bonds. The Morgan fingerprint density at radius 1 is 1.15 bits per heavy atom. The van der Waals surface area contributed by atoms with Crippen molar-refractivity contribution in [2.24, 2.45) is 0 Å². The summed E-state index contributed by atoms with van der Waals surface area (Å²) in [5, 5.41) is 4.58. The summed E-state index contributed by atoms with van der Waals surface area (Å²) in [6.45, 7) is 7.68. The second kappa shape index (κ2) is 8.05. The van der Waals surface area contributed by atoms with Gasteiger partial charge in [-0.2, -0.15) is 0 Å². The van der Waals surface area contributed by atoms with Crippen molar-refractivity contribution in [2.45, 2.75) is 39.9 Å². The van der Waals surface area contributed by atoms with E-state index in [4.69, 9.17) is 12.2 Å². The Morgan fingerprint density at radius 3 is 2.44 bits per heavy atom. The van der Waals surface area contributed by atoms with E-state index in [-0.39, 0.29) is 6.04 Å². The van der Waals surface area contributed by atoms with Crippen molar-refractivity contribution in [2.75, 3.05) is 5.32 Å². The van der Waals surface area contributed by atoms with Gasteiger partial charge in [-0.3, -0.25) is 0 Å². The van der Waals surface area contributed by atoms with Crippen LogP contribution in [0.25, 0.3) is 10.9 Å². The summed E-state index contributed by atoms with van der Waals surface area (Å²) in [6, 6.07) is 11.7. The molecule has 1 heterocycles. The van der Waals surface area contributed by atoms with Gasteiger partial charge in [0.2, 0.25) is 0 Å². The van der Waals surface area contributed by atoms with Gasteiger partial charge < -0.3 is 14.8 Å². The number of para-hydroxylation sites is 1. The van der Waals surface area contributed by atoms with Gasteiger partial charge in [0.15, 0.2) is 5.11 Å². The van der Waals surface area contributed by atoms with Crippen LogP contribution in [-0.2, 0) is 13.1 Å². The van der Waals surface area contributed by atoms with Crippen LogP contribution in [-0.4, -0.2) is 20.6 Å². The molecule has 0 aliphatic carbocycles. The van der Waals surface area contributed by atoms with E-state index in [0.29, 0.717) is 17.3 Å². The summed E-state index contributed by atoms with van der Waals surface area (Å²) in [7, 11) is 0. The lowest BCUT2D eigenvalue weighted by Crippen LogP contribution is -2.39. The van der Waals surface area contributed by atoms with Crippen LogP contribution in [0.15, 0.2) is 48.7 Å². The van der Waals surface area contributed by atoms with E-state index < -0.39 is 11.6 Å². The minimum atomic E-state index is -0.637. The molecule has 0 fully saturated rings. The zero-order valence-corrected chi connectivity index (χ0v) is 16.5. The van der Waals surface area contributed by atoms with Crippen LogP contribution in [0.5, 0.6) is 0 Å². The molecule has 0 unspecified atom stereocenters. The first kappa shape index (κ1) is 19.3. The maximum atomic E-state index is 13.5. The standard InChI is InChI=1S/C21H23F2N3S/c1-4-25-12-15(19-7-5-6-8-20(19)25)13-26(14(2)3)21(27)24-18-10-16(22)9-17(23)11-18/h5-12,14H,4,13H2,1-3H3,(H,24,27). The molecule has 3 aromatic rings. The highest BCUT2D eigenvalue weighted by Gasteiger charge is 2.17. The smallest absolute Gasteiger partial charge is 0.173 e. The van der Waals surface area contributed by atoms with Crippen molar-refractivity contribution in [1.29, 1.82) is 0 Å². The lowest BCUT2D eigenvalue weighted by molar-refractivity contribution is 0.349. The van der Waals surface area contributed by atoms with Gasteiger partial charge >= 0.3 is 0 Å². The number of thiocarbonyl (C=S) groups is 1. The Labute approximate surface area is 163 Å². The molecule has 27 heavy (non-hydrogen) atoms. The number of aryl methyl sites for hydroxylation is 1. The highest BCUT2D eigenvalue weighted by Crippen LogP contribution is 2.24. The third-order valence-corrected chi connectivity index (χ3v) is 4.89. The van der Waals surface area contributed by atoms with Gasteiger partial charge in [-0.25, -0.2) is 8.78 Å². The van der Waals surface area contributed by atoms with E-state index in [0.717, 1.165) is 18.2 Å². The number of anilines is 1. The molecule has 1 N–H and O–H groups in total. The fraction of sp³-hybridized carbons (Fsp3) is 0.286. The molecule has 0 saturated carbocycles. The fourth-order valence-corrected chi connectivity index (χ4v) is 3.60. The summed E-state index contributed by atoms with van der Waals surface area (Å²) in [4.78, 5) is 2.01. The lowest BCUT2D eigenvalue weighted by atomic mass is 10.1. The van der Waals surface area contributed by atoms with E-state index in [1.165, 1.54) is 23.0 Å². The normalized spacial score (nSPS) is 11.2. The quantitative estimate of drug-likeness (QED) is 0.580. The molecule has 0 radical (unpaired) electrons. The summed E-state index contributed by atoms with van der Waals surface area (Å²) >= 11 is 5.54. The molecule has 1 aromatic heterocycles. The maximum absolute atomic E-state index is 13.5. The molecule has 0 bridgehead atoms. The molecule has 0 aliphatic heterocycles. The Bertz CT molecular complexity index is 945. The van der Waals surface area contributed by atoms with Gasteiger partial charge in [-0.1, -0.05) is 18.2 Å². The molecule has 0 spiro atoms. The molecule has 3 nitrogen and oxygen atoms in total. The first-order chi connectivity index (χ1) is 12.9. The zero-order chi connectivity index (χ0) is 19.6. The molecule has 0 atom stereocenters. The van der Waals surface area contributed by atoms with Crippen LogP contribution in [0.2, 0.25) is 0 Å². The second-order valence-electron chi connectivity index (χ2n) is 6.77. The predicted molar refractivity (Wildman–Crippen MR) is 111 cm³/mol. The lowest BCUT2D eigenvalue weighted by Gasteiger charge is -2.29. The number of hydrogen-bond acceptors (Lipinski definition) is 1. The molecule has 0 aliphatic rings. The van der Waals surface area contributed by atoms with Crippen molar-refractivity contribution in [3.05, 3.63) is 65.9 Å². The van der Waals surface area contributed by atoms with Crippen LogP contribution in [0.1, 0.15) is 26.3 Å². The van der Waals surface area contributed by atoms with E-state index in [2.05, 4.69) is 35.1 Å². The number of rotatable bonds is 5. The third-order valence-electron chi connectivity index (χ3n) is 4.55. The molecule has 2 aromatic carbocycles. The predicted octanol–water partition coefficient (Wildman–Crippen LogP) is 5.55. The average Bonchev–Trinajstić information content (AvgIpc) is 2.96. The van der Waals surface area contributed by atoms with Crippen molar-refractivity contribution >= 4 is 33.9 Å². The highest BCUT2D eigenvalue weighted by atomic mass is 32.1. The van der Waals surface area contributed by atoms with Crippen molar-refractivity contribution in [1.82, 2.24) is 9.47 Å². The summed E-state index contributed by atoms with van der Waals surface area (Å²) in [5.74, 6) is -1.27. The highest BCUT2D eigenvalue weighted by molar-refractivity contribution is 7.80. The number of aromatic nitrogens is 1. The Kier molecular flexibility index (Phi) is 5.75. The zero-order valence-electron chi connectivity index (χ0n) is 15.7. The number of benzene rings is 2. The number of hydrogen-bond donors (Lipinski definition) is 1. The third kappa shape index (κ3) is 4.27. The second-order valence-corrected chi connectivity index (χ2v) is 7.15. The fourth-order valence-electron chi connectivity index (χ4n) is 3.20. The van der Waals surface area contributed by atoms with E-state index in [9.17, 15) is 8.78 Å². The first-order valence-electron chi connectivity index (χ1n) is 8.99. The van der Waals surface area contributed by atoms with Crippen LogP contribution in [0.4, 0.5) is 14.5 Å². The molecule has 3 rings (SSSR count). The van der Waals surface area contributed by atoms with Crippen LogP contribution >= 0.6 is 12.2 Å². The molecule has 6 heteroatoms. The SMILES string of the molecule is CCn1cc(CN(C(=S)Nc2cc(F)cc(F)c2)C(C)C)c2ccccc21. The Morgan fingerprint density at radius 2 is 1.81 bits per heavy atom. The monoisotopic (exact) mass is 387 g/mol. The van der Waals surface area contributed by atoms with Crippen LogP contribution < -0.4 is 5.32 Å². The summed E-state index contributed by atoms with van der Waals surface area (Å²) in [6.07, 6.45) is 2.14. The minimum Gasteiger partial charge on any atom is -0.347 e. The summed E-state index contributed by atoms with van der Waals surface area (Å²) < 4.78 is 29.1. The Hall–Kier alpha value is -2.47.